The van der Waals surface area contributed by atoms with Crippen molar-refractivity contribution in [2.24, 2.45) is 0 Å². The zero-order chi connectivity index (χ0) is 18.9. The van der Waals surface area contributed by atoms with Crippen LogP contribution in [0.15, 0.2) is 48.5 Å². The van der Waals surface area contributed by atoms with E-state index in [1.165, 1.54) is 0 Å². The lowest BCUT2D eigenvalue weighted by atomic mass is 10.0. The number of benzene rings is 2. The molecule has 0 saturated heterocycles. The van der Waals surface area contributed by atoms with Crippen LogP contribution >= 0.6 is 0 Å². The average molecular weight is 356 g/mol. The lowest BCUT2D eigenvalue weighted by molar-refractivity contribution is 0.0941. The first-order valence-corrected chi connectivity index (χ1v) is 8.87. The summed E-state index contributed by atoms with van der Waals surface area (Å²) in [6.45, 7) is 3.22. The lowest BCUT2D eigenvalue weighted by Gasteiger charge is -2.26. The predicted octanol–water partition coefficient (Wildman–Crippen LogP) is 3.52. The third kappa shape index (κ3) is 5.23. The van der Waals surface area contributed by atoms with Crippen LogP contribution in [0.25, 0.3) is 0 Å². The Hall–Kier alpha value is -2.53. The smallest absolute Gasteiger partial charge is 0.251 e. The van der Waals surface area contributed by atoms with Gasteiger partial charge in [-0.05, 0) is 50.8 Å². The minimum atomic E-state index is -0.103. The minimum absolute atomic E-state index is 0.0160. The van der Waals surface area contributed by atoms with Gasteiger partial charge in [0.1, 0.15) is 11.5 Å². The summed E-state index contributed by atoms with van der Waals surface area (Å²) >= 11 is 0. The fourth-order valence-corrected chi connectivity index (χ4v) is 2.73. The van der Waals surface area contributed by atoms with Crippen LogP contribution in [0.4, 0.5) is 0 Å². The molecule has 0 aliphatic rings. The Bertz CT molecular complexity index is 699. The van der Waals surface area contributed by atoms with Crippen LogP contribution in [0.3, 0.4) is 0 Å². The second-order valence-corrected chi connectivity index (χ2v) is 6.30. The van der Waals surface area contributed by atoms with Crippen LogP contribution in [0.5, 0.6) is 11.5 Å². The van der Waals surface area contributed by atoms with E-state index in [9.17, 15) is 4.79 Å². The van der Waals surface area contributed by atoms with Gasteiger partial charge >= 0.3 is 0 Å². The van der Waals surface area contributed by atoms with E-state index in [-0.39, 0.29) is 11.9 Å². The van der Waals surface area contributed by atoms with Gasteiger partial charge < -0.3 is 19.7 Å². The predicted molar refractivity (Wildman–Crippen MR) is 104 cm³/mol. The zero-order valence-electron chi connectivity index (χ0n) is 16.0. The number of carbonyl (C=O) groups is 1. The van der Waals surface area contributed by atoms with Crippen molar-refractivity contribution in [3.8, 4) is 11.5 Å². The zero-order valence-corrected chi connectivity index (χ0v) is 16.0. The summed E-state index contributed by atoms with van der Waals surface area (Å²) in [7, 11) is 5.64. The number of likely N-dealkylation sites (N-methyl/N-ethyl adjacent to an activating group) is 1. The van der Waals surface area contributed by atoms with E-state index in [1.807, 2.05) is 50.5 Å². The van der Waals surface area contributed by atoms with E-state index < -0.39 is 0 Å². The molecular formula is C21H28N2O3. The Labute approximate surface area is 155 Å². The van der Waals surface area contributed by atoms with Crippen molar-refractivity contribution >= 4 is 5.91 Å². The van der Waals surface area contributed by atoms with Crippen LogP contribution in [-0.4, -0.2) is 45.2 Å². The summed E-state index contributed by atoms with van der Waals surface area (Å²) in [6.07, 6.45) is 0.955. The second-order valence-electron chi connectivity index (χ2n) is 6.30. The van der Waals surface area contributed by atoms with Crippen molar-refractivity contribution in [1.82, 2.24) is 10.2 Å². The molecule has 0 spiro atoms. The number of ether oxygens (including phenoxy) is 2. The summed E-state index contributed by atoms with van der Waals surface area (Å²) in [5, 5.41) is 3.02. The van der Waals surface area contributed by atoms with E-state index in [0.29, 0.717) is 18.7 Å². The van der Waals surface area contributed by atoms with E-state index >= 15 is 0 Å². The Morgan fingerprint density at radius 1 is 1.12 bits per heavy atom. The maximum absolute atomic E-state index is 12.5. The number of hydrogen-bond donors (Lipinski definition) is 1. The molecule has 1 amide bonds. The molecule has 1 atom stereocenters. The third-order valence-electron chi connectivity index (χ3n) is 4.17. The van der Waals surface area contributed by atoms with Crippen LogP contribution in [0.1, 0.15) is 35.3 Å². The molecule has 0 aliphatic carbocycles. The highest BCUT2D eigenvalue weighted by atomic mass is 16.5. The highest BCUT2D eigenvalue weighted by Gasteiger charge is 2.19. The number of methoxy groups -OCH3 is 1. The van der Waals surface area contributed by atoms with E-state index in [2.05, 4.69) is 17.1 Å². The Kier molecular flexibility index (Phi) is 7.48. The number of nitrogens with zero attached hydrogens (tertiary/aromatic N) is 1. The first-order valence-electron chi connectivity index (χ1n) is 8.87. The van der Waals surface area contributed by atoms with E-state index in [4.69, 9.17) is 9.47 Å². The highest BCUT2D eigenvalue weighted by Crippen LogP contribution is 2.27. The molecule has 0 bridgehead atoms. The highest BCUT2D eigenvalue weighted by molar-refractivity contribution is 5.94. The van der Waals surface area contributed by atoms with Crippen molar-refractivity contribution < 1.29 is 14.3 Å². The van der Waals surface area contributed by atoms with Gasteiger partial charge in [0.05, 0.1) is 19.8 Å². The fraction of sp³-hybridized carbons (Fsp3) is 0.381. The van der Waals surface area contributed by atoms with Crippen molar-refractivity contribution in [3.05, 3.63) is 59.7 Å². The SMILES string of the molecule is CCCOc1ccc(C(=O)NC[C@@H](c2ccccc2OC)N(C)C)cc1. The molecule has 0 unspecified atom stereocenters. The molecule has 2 rings (SSSR count). The molecule has 0 saturated carbocycles. The van der Waals surface area contributed by atoms with Gasteiger partial charge in [-0.3, -0.25) is 4.79 Å². The largest absolute Gasteiger partial charge is 0.496 e. The van der Waals surface area contributed by atoms with Crippen LogP contribution in [-0.2, 0) is 0 Å². The first-order chi connectivity index (χ1) is 12.6. The maximum atomic E-state index is 12.5. The molecule has 140 valence electrons. The van der Waals surface area contributed by atoms with Gasteiger partial charge in [0.2, 0.25) is 0 Å². The summed E-state index contributed by atoms with van der Waals surface area (Å²) in [5.41, 5.74) is 1.66. The second kappa shape index (κ2) is 9.82. The lowest BCUT2D eigenvalue weighted by Crippen LogP contribution is -2.34. The van der Waals surface area contributed by atoms with Crippen LogP contribution in [0.2, 0.25) is 0 Å². The Morgan fingerprint density at radius 2 is 1.81 bits per heavy atom. The third-order valence-corrected chi connectivity index (χ3v) is 4.17. The quantitative estimate of drug-likeness (QED) is 0.747. The molecule has 0 aromatic heterocycles. The number of amides is 1. The van der Waals surface area contributed by atoms with Gasteiger partial charge in [-0.1, -0.05) is 25.1 Å². The maximum Gasteiger partial charge on any atom is 0.251 e. The molecular weight excluding hydrogens is 328 g/mol. The molecule has 0 heterocycles. The molecule has 26 heavy (non-hydrogen) atoms. The molecule has 0 fully saturated rings. The molecule has 0 radical (unpaired) electrons. The number of nitrogens with one attached hydrogen (secondary N) is 1. The standard InChI is InChI=1S/C21H28N2O3/c1-5-14-26-17-12-10-16(11-13-17)21(24)22-15-19(23(2)3)18-8-6-7-9-20(18)25-4/h6-13,19H,5,14-15H2,1-4H3,(H,22,24)/t19-/m0/s1. The van der Waals surface area contributed by atoms with Crippen molar-refractivity contribution in [2.75, 3.05) is 34.4 Å². The van der Waals surface area contributed by atoms with E-state index in [0.717, 1.165) is 23.5 Å². The summed E-state index contributed by atoms with van der Waals surface area (Å²) in [4.78, 5) is 14.6. The number of carbonyl (C=O) groups excluding carboxylic acids is 1. The molecule has 5 nitrogen and oxygen atoms in total. The number of hydrogen-bond acceptors (Lipinski definition) is 4. The van der Waals surface area contributed by atoms with Crippen LogP contribution in [0, 0.1) is 0 Å². The first kappa shape index (κ1) is 19.8. The molecule has 2 aromatic rings. The summed E-state index contributed by atoms with van der Waals surface area (Å²) in [5.74, 6) is 1.50. The van der Waals surface area contributed by atoms with Gasteiger partial charge in [0.15, 0.2) is 0 Å². The fourth-order valence-electron chi connectivity index (χ4n) is 2.73. The number of rotatable bonds is 9. The van der Waals surface area contributed by atoms with Crippen molar-refractivity contribution in [2.45, 2.75) is 19.4 Å². The van der Waals surface area contributed by atoms with Crippen LogP contribution < -0.4 is 14.8 Å². The monoisotopic (exact) mass is 356 g/mol. The molecule has 1 N–H and O–H groups in total. The normalized spacial score (nSPS) is 11.9. The van der Waals surface area contributed by atoms with Crippen molar-refractivity contribution in [3.63, 3.8) is 0 Å². The van der Waals surface area contributed by atoms with Gasteiger partial charge in [0.25, 0.3) is 5.91 Å². The van der Waals surface area contributed by atoms with Gasteiger partial charge in [0, 0.05) is 17.7 Å². The average Bonchev–Trinajstić information content (AvgIpc) is 2.66. The van der Waals surface area contributed by atoms with Crippen molar-refractivity contribution in [1.29, 1.82) is 0 Å². The topological polar surface area (TPSA) is 50.8 Å². The van der Waals surface area contributed by atoms with Gasteiger partial charge in [-0.15, -0.1) is 0 Å². The molecule has 2 aromatic carbocycles. The summed E-state index contributed by atoms with van der Waals surface area (Å²) in [6, 6.07) is 15.1. The van der Waals surface area contributed by atoms with Gasteiger partial charge in [-0.25, -0.2) is 0 Å². The molecule has 5 heteroatoms. The number of para-hydroxylation sites is 1. The van der Waals surface area contributed by atoms with E-state index in [1.54, 1.807) is 19.2 Å². The molecule has 0 aliphatic heterocycles. The summed E-state index contributed by atoms with van der Waals surface area (Å²) < 4.78 is 11.0. The minimum Gasteiger partial charge on any atom is -0.496 e. The Balaban J connectivity index is 2.03. The Morgan fingerprint density at radius 3 is 2.42 bits per heavy atom. The van der Waals surface area contributed by atoms with Gasteiger partial charge in [-0.2, -0.15) is 0 Å².